The van der Waals surface area contributed by atoms with Crippen LogP contribution < -0.4 is 5.32 Å². The second-order valence-corrected chi connectivity index (χ2v) is 8.05. The van der Waals surface area contributed by atoms with Gasteiger partial charge in [-0.15, -0.1) is 0 Å². The van der Waals surface area contributed by atoms with E-state index in [-0.39, 0.29) is 5.91 Å². The molecule has 0 spiro atoms. The zero-order valence-corrected chi connectivity index (χ0v) is 18.8. The molecular formula is C25H29N5O3. The fraction of sp³-hybridized carbons (Fsp3) is 0.320. The first-order valence-corrected chi connectivity index (χ1v) is 11.1. The third kappa shape index (κ3) is 6.06. The molecule has 3 aromatic rings. The number of carbonyl (C=O) groups excluding carboxylic acids is 2. The second-order valence-electron chi connectivity index (χ2n) is 8.05. The van der Waals surface area contributed by atoms with Gasteiger partial charge in [-0.3, -0.25) is 14.6 Å². The van der Waals surface area contributed by atoms with E-state index < -0.39 is 5.97 Å². The molecule has 1 amide bonds. The van der Waals surface area contributed by atoms with Crippen LogP contribution in [0.2, 0.25) is 0 Å². The molecule has 1 aromatic heterocycles. The molecule has 8 heteroatoms. The van der Waals surface area contributed by atoms with Crippen LogP contribution in [-0.2, 0) is 16.1 Å². The van der Waals surface area contributed by atoms with Crippen molar-refractivity contribution in [2.75, 3.05) is 51.7 Å². The summed E-state index contributed by atoms with van der Waals surface area (Å²) in [4.78, 5) is 33.0. The van der Waals surface area contributed by atoms with Gasteiger partial charge >= 0.3 is 5.97 Å². The van der Waals surface area contributed by atoms with Crippen molar-refractivity contribution in [1.29, 1.82) is 0 Å². The first kappa shape index (κ1) is 22.7. The fourth-order valence-corrected chi connectivity index (χ4v) is 3.97. The number of benzene rings is 2. The molecule has 0 saturated carbocycles. The van der Waals surface area contributed by atoms with E-state index >= 15 is 0 Å². The van der Waals surface area contributed by atoms with E-state index in [2.05, 4.69) is 41.5 Å². The maximum Gasteiger partial charge on any atom is 0.337 e. The van der Waals surface area contributed by atoms with E-state index in [9.17, 15) is 9.59 Å². The smallest absolute Gasteiger partial charge is 0.337 e. The Morgan fingerprint density at radius 3 is 2.33 bits per heavy atom. The Labute approximate surface area is 193 Å². The number of aromatic nitrogens is 2. The quantitative estimate of drug-likeness (QED) is 0.535. The van der Waals surface area contributed by atoms with Crippen LogP contribution in [0.5, 0.6) is 0 Å². The van der Waals surface area contributed by atoms with Crippen molar-refractivity contribution in [1.82, 2.24) is 19.4 Å². The third-order valence-corrected chi connectivity index (χ3v) is 5.83. The minimum Gasteiger partial charge on any atom is -0.465 e. The lowest BCUT2D eigenvalue weighted by atomic mass is 10.2. The van der Waals surface area contributed by atoms with E-state index in [1.54, 1.807) is 24.3 Å². The highest BCUT2D eigenvalue weighted by atomic mass is 16.5. The first-order chi connectivity index (χ1) is 16.1. The van der Waals surface area contributed by atoms with Crippen molar-refractivity contribution < 1.29 is 14.3 Å². The van der Waals surface area contributed by atoms with Gasteiger partial charge < -0.3 is 14.6 Å². The van der Waals surface area contributed by atoms with Crippen LogP contribution in [0, 0.1) is 0 Å². The summed E-state index contributed by atoms with van der Waals surface area (Å²) in [5.74, 6) is 0.542. The zero-order valence-electron chi connectivity index (χ0n) is 18.8. The number of esters is 1. The van der Waals surface area contributed by atoms with Gasteiger partial charge in [0, 0.05) is 62.9 Å². The van der Waals surface area contributed by atoms with E-state index in [1.807, 2.05) is 30.6 Å². The lowest BCUT2D eigenvalue weighted by Gasteiger charge is -2.34. The molecule has 33 heavy (non-hydrogen) atoms. The summed E-state index contributed by atoms with van der Waals surface area (Å²) < 4.78 is 6.88. The highest BCUT2D eigenvalue weighted by Crippen LogP contribution is 2.17. The van der Waals surface area contributed by atoms with Gasteiger partial charge in [-0.05, 0) is 24.3 Å². The Morgan fingerprint density at radius 1 is 0.939 bits per heavy atom. The Hall–Kier alpha value is -3.49. The van der Waals surface area contributed by atoms with Crippen molar-refractivity contribution in [2.24, 2.45) is 0 Å². The number of nitrogens with one attached hydrogen (secondary N) is 1. The summed E-state index contributed by atoms with van der Waals surface area (Å²) in [6.07, 6.45) is 3.88. The SMILES string of the molecule is COC(=O)c1ccc(NC(=O)CN2CCN(CCn3ccnc3-c3ccccc3)CC2)cc1. The second kappa shape index (κ2) is 10.9. The highest BCUT2D eigenvalue weighted by molar-refractivity contribution is 5.94. The van der Waals surface area contributed by atoms with E-state index in [1.165, 1.54) is 7.11 Å². The summed E-state index contributed by atoms with van der Waals surface area (Å²) in [5.41, 5.74) is 2.25. The van der Waals surface area contributed by atoms with E-state index in [4.69, 9.17) is 0 Å². The molecule has 4 rings (SSSR count). The van der Waals surface area contributed by atoms with Gasteiger partial charge in [0.05, 0.1) is 19.2 Å². The number of nitrogens with zero attached hydrogens (tertiary/aromatic N) is 4. The molecule has 8 nitrogen and oxygen atoms in total. The Balaban J connectivity index is 1.20. The number of methoxy groups -OCH3 is 1. The maximum atomic E-state index is 12.4. The molecule has 1 aliphatic heterocycles. The summed E-state index contributed by atoms with van der Waals surface area (Å²) >= 11 is 0. The Morgan fingerprint density at radius 2 is 1.64 bits per heavy atom. The molecule has 2 aromatic carbocycles. The molecular weight excluding hydrogens is 418 g/mol. The molecule has 0 aliphatic carbocycles. The maximum absolute atomic E-state index is 12.4. The molecule has 1 saturated heterocycles. The van der Waals surface area contributed by atoms with Gasteiger partial charge in [-0.2, -0.15) is 0 Å². The van der Waals surface area contributed by atoms with Crippen LogP contribution in [0.4, 0.5) is 5.69 Å². The number of imidazole rings is 1. The van der Waals surface area contributed by atoms with E-state index in [0.29, 0.717) is 17.8 Å². The van der Waals surface area contributed by atoms with Crippen molar-refractivity contribution in [3.63, 3.8) is 0 Å². The Bertz CT molecular complexity index is 1060. The summed E-state index contributed by atoms with van der Waals surface area (Å²) in [5, 5.41) is 2.89. The van der Waals surface area contributed by atoms with E-state index in [0.717, 1.165) is 50.7 Å². The molecule has 172 valence electrons. The number of hydrogen-bond acceptors (Lipinski definition) is 6. The van der Waals surface area contributed by atoms with Gasteiger partial charge in [-0.1, -0.05) is 30.3 Å². The predicted octanol–water partition coefficient (Wildman–Crippen LogP) is 2.59. The summed E-state index contributed by atoms with van der Waals surface area (Å²) in [6.45, 7) is 5.74. The zero-order chi connectivity index (χ0) is 23.0. The van der Waals surface area contributed by atoms with Crippen LogP contribution in [-0.4, -0.2) is 77.6 Å². The summed E-state index contributed by atoms with van der Waals surface area (Å²) in [6, 6.07) is 16.9. The number of ether oxygens (including phenoxy) is 1. The standard InChI is InChI=1S/C25H29N5O3/c1-33-25(32)21-7-9-22(10-8-21)27-23(31)19-29-15-13-28(14-16-29)17-18-30-12-11-26-24(30)20-5-3-2-4-6-20/h2-12H,13-19H2,1H3,(H,27,31). The molecule has 2 heterocycles. The minimum atomic E-state index is -0.393. The first-order valence-electron chi connectivity index (χ1n) is 11.1. The minimum absolute atomic E-state index is 0.0554. The molecule has 1 fully saturated rings. The molecule has 1 N–H and O–H groups in total. The number of carbonyl (C=O) groups is 2. The van der Waals surface area contributed by atoms with Gasteiger partial charge in [0.1, 0.15) is 5.82 Å². The van der Waals surface area contributed by atoms with Crippen LogP contribution in [0.1, 0.15) is 10.4 Å². The monoisotopic (exact) mass is 447 g/mol. The molecule has 0 radical (unpaired) electrons. The lowest BCUT2D eigenvalue weighted by molar-refractivity contribution is -0.117. The van der Waals surface area contributed by atoms with Crippen LogP contribution in [0.3, 0.4) is 0 Å². The number of rotatable bonds is 8. The number of piperazine rings is 1. The van der Waals surface area contributed by atoms with Gasteiger partial charge in [0.2, 0.25) is 5.91 Å². The number of anilines is 1. The normalized spacial score (nSPS) is 14.7. The Kier molecular flexibility index (Phi) is 7.49. The highest BCUT2D eigenvalue weighted by Gasteiger charge is 2.19. The third-order valence-electron chi connectivity index (χ3n) is 5.83. The fourth-order valence-electron chi connectivity index (χ4n) is 3.97. The van der Waals surface area contributed by atoms with Crippen molar-refractivity contribution in [2.45, 2.75) is 6.54 Å². The van der Waals surface area contributed by atoms with Gasteiger partial charge in [0.15, 0.2) is 0 Å². The molecule has 0 bridgehead atoms. The predicted molar refractivity (Wildman–Crippen MR) is 127 cm³/mol. The topological polar surface area (TPSA) is 79.7 Å². The summed E-state index contributed by atoms with van der Waals surface area (Å²) in [7, 11) is 1.34. The number of amides is 1. The number of hydrogen-bond donors (Lipinski definition) is 1. The molecule has 1 aliphatic rings. The average molecular weight is 448 g/mol. The average Bonchev–Trinajstić information content (AvgIpc) is 3.33. The molecule has 0 unspecified atom stereocenters. The van der Waals surface area contributed by atoms with Crippen LogP contribution in [0.15, 0.2) is 67.0 Å². The van der Waals surface area contributed by atoms with Gasteiger partial charge in [-0.25, -0.2) is 9.78 Å². The van der Waals surface area contributed by atoms with Crippen molar-refractivity contribution in [3.05, 3.63) is 72.6 Å². The largest absolute Gasteiger partial charge is 0.465 e. The van der Waals surface area contributed by atoms with Crippen molar-refractivity contribution in [3.8, 4) is 11.4 Å². The van der Waals surface area contributed by atoms with Crippen LogP contribution in [0.25, 0.3) is 11.4 Å². The van der Waals surface area contributed by atoms with Crippen molar-refractivity contribution >= 4 is 17.6 Å². The van der Waals surface area contributed by atoms with Gasteiger partial charge in [0.25, 0.3) is 0 Å². The van der Waals surface area contributed by atoms with Crippen LogP contribution >= 0.6 is 0 Å². The lowest BCUT2D eigenvalue weighted by Crippen LogP contribution is -2.49. The molecule has 0 atom stereocenters.